The van der Waals surface area contributed by atoms with Crippen LogP contribution >= 0.6 is 11.3 Å². The van der Waals surface area contributed by atoms with Crippen LogP contribution < -0.4 is 4.74 Å². The van der Waals surface area contributed by atoms with E-state index in [-0.39, 0.29) is 0 Å². The molecular formula is C52H38N2OS. The van der Waals surface area contributed by atoms with Gasteiger partial charge in [-0.2, -0.15) is 0 Å². The Kier molecular flexibility index (Phi) is 9.63. The van der Waals surface area contributed by atoms with Gasteiger partial charge in [0.1, 0.15) is 5.75 Å². The summed E-state index contributed by atoms with van der Waals surface area (Å²) in [6, 6.07) is 56.0. The third kappa shape index (κ3) is 6.83. The van der Waals surface area contributed by atoms with Gasteiger partial charge in [0.15, 0.2) is 0 Å². The summed E-state index contributed by atoms with van der Waals surface area (Å²) in [5.74, 6) is 0.778. The Bertz CT molecular complexity index is 2890. The van der Waals surface area contributed by atoms with Crippen molar-refractivity contribution in [3.8, 4) is 61.6 Å². The summed E-state index contributed by atoms with van der Waals surface area (Å²) in [7, 11) is 1.69. The molecule has 268 valence electrons. The number of allylic oxidation sites excluding steroid dienone is 2. The number of aromatic nitrogens is 2. The zero-order valence-corrected chi connectivity index (χ0v) is 31.8. The Morgan fingerprint density at radius 2 is 1.23 bits per heavy atom. The van der Waals surface area contributed by atoms with E-state index in [0.29, 0.717) is 0 Å². The van der Waals surface area contributed by atoms with E-state index in [1.165, 1.54) is 48.3 Å². The van der Waals surface area contributed by atoms with Crippen LogP contribution in [0.5, 0.6) is 5.75 Å². The molecule has 0 amide bonds. The predicted octanol–water partition coefficient (Wildman–Crippen LogP) is 14.0. The number of benzene rings is 7. The number of fused-ring (bicyclic) bond motifs is 2. The lowest BCUT2D eigenvalue weighted by Gasteiger charge is -2.12. The summed E-state index contributed by atoms with van der Waals surface area (Å²) in [5.41, 5.74) is 13.3. The number of rotatable bonds is 10. The summed E-state index contributed by atoms with van der Waals surface area (Å²) >= 11 is 1.89. The molecule has 0 unspecified atom stereocenters. The first kappa shape index (κ1) is 34.9. The van der Waals surface area contributed by atoms with Gasteiger partial charge in [0.25, 0.3) is 0 Å². The zero-order valence-electron chi connectivity index (χ0n) is 31.0. The lowest BCUT2D eigenvalue weighted by Crippen LogP contribution is -1.94. The smallest absolute Gasteiger partial charge is 0.128 e. The van der Waals surface area contributed by atoms with Gasteiger partial charge in [0.05, 0.1) is 36.5 Å². The minimum Gasteiger partial charge on any atom is -0.496 e. The Hall–Kier alpha value is -6.88. The molecule has 9 aromatic rings. The number of ether oxygens (including phenoxy) is 1. The lowest BCUT2D eigenvalue weighted by atomic mass is 9.96. The van der Waals surface area contributed by atoms with E-state index < -0.39 is 0 Å². The Labute approximate surface area is 331 Å². The molecule has 0 saturated heterocycles. The first-order valence-electron chi connectivity index (χ1n) is 18.7. The largest absolute Gasteiger partial charge is 0.496 e. The quantitative estimate of drug-likeness (QED) is 0.131. The van der Waals surface area contributed by atoms with Crippen molar-refractivity contribution >= 4 is 38.3 Å². The van der Waals surface area contributed by atoms with Crippen molar-refractivity contribution in [3.63, 3.8) is 0 Å². The van der Waals surface area contributed by atoms with E-state index in [4.69, 9.17) is 14.7 Å². The van der Waals surface area contributed by atoms with Crippen molar-refractivity contribution in [2.24, 2.45) is 0 Å². The molecule has 2 aromatic heterocycles. The molecule has 0 N–H and O–H groups in total. The number of thiophene rings is 1. The SMILES string of the molecule is C=C/C=C\c1c(Cc2cccc(-c3ccccc3)c2)sc2c(-c3cccc(-c4cccc(-c5cnc(-c6c(OC)ccc7ccccc67)cn5)c4)c3)cccc12. The fourth-order valence-electron chi connectivity index (χ4n) is 7.59. The molecule has 0 radical (unpaired) electrons. The molecule has 0 aliphatic heterocycles. The molecule has 9 rings (SSSR count). The van der Waals surface area contributed by atoms with Crippen molar-refractivity contribution in [3.05, 3.63) is 205 Å². The number of nitrogens with zero attached hydrogens (tertiary/aromatic N) is 2. The van der Waals surface area contributed by atoms with Gasteiger partial charge in [-0.15, -0.1) is 11.3 Å². The van der Waals surface area contributed by atoms with Crippen LogP contribution in [0.15, 0.2) is 189 Å². The van der Waals surface area contributed by atoms with Gasteiger partial charge in [-0.3, -0.25) is 9.97 Å². The molecular weight excluding hydrogens is 701 g/mol. The second-order valence-corrected chi connectivity index (χ2v) is 14.9. The number of hydrogen-bond donors (Lipinski definition) is 0. The summed E-state index contributed by atoms with van der Waals surface area (Å²) in [6.45, 7) is 3.97. The van der Waals surface area contributed by atoms with Crippen LogP contribution in [0.3, 0.4) is 0 Å². The van der Waals surface area contributed by atoms with Crippen molar-refractivity contribution in [2.45, 2.75) is 6.42 Å². The fraction of sp³-hybridized carbons (Fsp3) is 0.0385. The highest BCUT2D eigenvalue weighted by molar-refractivity contribution is 7.20. The molecule has 56 heavy (non-hydrogen) atoms. The van der Waals surface area contributed by atoms with Gasteiger partial charge in [-0.25, -0.2) is 0 Å². The molecule has 0 bridgehead atoms. The molecule has 0 spiro atoms. The molecule has 2 heterocycles. The van der Waals surface area contributed by atoms with Crippen molar-refractivity contribution in [2.75, 3.05) is 7.11 Å². The van der Waals surface area contributed by atoms with Crippen LogP contribution in [-0.4, -0.2) is 17.1 Å². The number of hydrogen-bond acceptors (Lipinski definition) is 4. The topological polar surface area (TPSA) is 35.0 Å². The Morgan fingerprint density at radius 1 is 0.589 bits per heavy atom. The van der Waals surface area contributed by atoms with Gasteiger partial charge < -0.3 is 4.74 Å². The molecule has 0 aliphatic rings. The van der Waals surface area contributed by atoms with Crippen LogP contribution in [0.25, 0.3) is 82.8 Å². The Morgan fingerprint density at radius 3 is 2.02 bits per heavy atom. The van der Waals surface area contributed by atoms with Crippen molar-refractivity contribution in [1.82, 2.24) is 9.97 Å². The molecule has 3 nitrogen and oxygen atoms in total. The minimum absolute atomic E-state index is 0.778. The monoisotopic (exact) mass is 738 g/mol. The fourth-order valence-corrected chi connectivity index (χ4v) is 8.94. The second-order valence-electron chi connectivity index (χ2n) is 13.8. The van der Waals surface area contributed by atoms with Gasteiger partial charge >= 0.3 is 0 Å². The summed E-state index contributed by atoms with van der Waals surface area (Å²) in [4.78, 5) is 11.1. The minimum atomic E-state index is 0.778. The van der Waals surface area contributed by atoms with E-state index in [0.717, 1.165) is 56.6 Å². The van der Waals surface area contributed by atoms with Crippen LogP contribution in [0.1, 0.15) is 16.0 Å². The van der Waals surface area contributed by atoms with Gasteiger partial charge in [0.2, 0.25) is 0 Å². The van der Waals surface area contributed by atoms with Crippen molar-refractivity contribution in [1.29, 1.82) is 0 Å². The van der Waals surface area contributed by atoms with E-state index in [1.807, 2.05) is 54.1 Å². The first-order valence-corrected chi connectivity index (χ1v) is 19.6. The summed E-state index contributed by atoms with van der Waals surface area (Å²) in [6.07, 6.45) is 10.7. The molecule has 0 aliphatic carbocycles. The van der Waals surface area contributed by atoms with E-state index in [9.17, 15) is 0 Å². The first-order chi connectivity index (χ1) is 27.7. The van der Waals surface area contributed by atoms with Gasteiger partial charge in [-0.1, -0.05) is 164 Å². The maximum atomic E-state index is 5.74. The van der Waals surface area contributed by atoms with E-state index in [1.54, 1.807) is 7.11 Å². The molecule has 7 aromatic carbocycles. The van der Waals surface area contributed by atoms with Crippen molar-refractivity contribution < 1.29 is 4.74 Å². The predicted molar refractivity (Wildman–Crippen MR) is 237 cm³/mol. The maximum Gasteiger partial charge on any atom is 0.128 e. The Balaban J connectivity index is 1.04. The third-order valence-electron chi connectivity index (χ3n) is 10.3. The standard InChI is InChI=1S/C52H38N2OS/c1-3-4-23-45-46-26-13-25-44(52(46)56-50(45)30-35-14-10-18-38(29-35)36-15-6-5-7-16-36)41-21-11-19-39(31-41)40-20-12-22-42(32-40)47-33-54-48(34-53-47)51-43-24-9-8-17-37(43)27-28-49(51)55-2/h3-29,31-34H,1,30H2,2H3/b23-4-. The highest BCUT2D eigenvalue weighted by Gasteiger charge is 2.17. The highest BCUT2D eigenvalue weighted by Crippen LogP contribution is 2.42. The van der Waals surface area contributed by atoms with E-state index in [2.05, 4.69) is 152 Å². The lowest BCUT2D eigenvalue weighted by molar-refractivity contribution is 0.417. The second kappa shape index (κ2) is 15.5. The highest BCUT2D eigenvalue weighted by atomic mass is 32.1. The third-order valence-corrected chi connectivity index (χ3v) is 11.6. The normalized spacial score (nSPS) is 11.4. The molecule has 4 heteroatoms. The van der Waals surface area contributed by atoms with Crippen LogP contribution in [0, 0.1) is 0 Å². The molecule has 0 saturated carbocycles. The number of methoxy groups -OCH3 is 1. The zero-order chi connectivity index (χ0) is 37.8. The summed E-state index contributed by atoms with van der Waals surface area (Å²) < 4.78 is 7.03. The van der Waals surface area contributed by atoms with Crippen LogP contribution in [0.4, 0.5) is 0 Å². The molecule has 0 atom stereocenters. The van der Waals surface area contributed by atoms with Gasteiger partial charge in [0, 0.05) is 26.9 Å². The van der Waals surface area contributed by atoms with E-state index >= 15 is 0 Å². The van der Waals surface area contributed by atoms with Crippen LogP contribution in [0.2, 0.25) is 0 Å². The maximum absolute atomic E-state index is 5.74. The molecule has 0 fully saturated rings. The van der Waals surface area contributed by atoms with Crippen LogP contribution in [-0.2, 0) is 6.42 Å². The van der Waals surface area contributed by atoms with Gasteiger partial charge in [-0.05, 0) is 73.5 Å². The average molecular weight is 739 g/mol. The summed E-state index contributed by atoms with van der Waals surface area (Å²) in [5, 5.41) is 3.48. The average Bonchev–Trinajstić information content (AvgIpc) is 3.62.